The van der Waals surface area contributed by atoms with Crippen molar-refractivity contribution in [2.75, 3.05) is 17.6 Å². The number of nitrogen functional groups attached to an aromatic ring is 1. The van der Waals surface area contributed by atoms with Gasteiger partial charge >= 0.3 is 6.03 Å². The number of anilines is 2. The molecule has 3 N–H and O–H groups in total. The minimum Gasteiger partial charge on any atom is -0.398 e. The Hall–Kier alpha value is -2.56. The third-order valence-electron chi connectivity index (χ3n) is 3.70. The van der Waals surface area contributed by atoms with Crippen LogP contribution < -0.4 is 11.1 Å². The Bertz CT molecular complexity index is 687. The highest BCUT2D eigenvalue weighted by Gasteiger charge is 2.22. The number of urea groups is 1. The van der Waals surface area contributed by atoms with E-state index >= 15 is 0 Å². The lowest BCUT2D eigenvalue weighted by molar-refractivity contribution is 0.206. The maximum atomic E-state index is 13.6. The van der Waals surface area contributed by atoms with E-state index < -0.39 is 5.82 Å². The van der Waals surface area contributed by atoms with Crippen LogP contribution in [0, 0.1) is 5.82 Å². The maximum absolute atomic E-state index is 13.6. The van der Waals surface area contributed by atoms with E-state index in [1.807, 2.05) is 18.2 Å². The third kappa shape index (κ3) is 2.67. The Morgan fingerprint density at radius 3 is 2.81 bits per heavy atom. The van der Waals surface area contributed by atoms with Gasteiger partial charge in [0.05, 0.1) is 5.69 Å². The number of benzene rings is 2. The summed E-state index contributed by atoms with van der Waals surface area (Å²) in [5.41, 5.74) is 9.05. The van der Waals surface area contributed by atoms with Crippen LogP contribution in [0.5, 0.6) is 0 Å². The molecule has 1 aliphatic rings. The van der Waals surface area contributed by atoms with Crippen molar-refractivity contribution in [1.82, 2.24) is 4.90 Å². The number of nitrogens with two attached hydrogens (primary N) is 1. The summed E-state index contributed by atoms with van der Waals surface area (Å²) in [5.74, 6) is -0.437. The molecule has 0 spiro atoms. The molecule has 0 aliphatic carbocycles. The van der Waals surface area contributed by atoms with Crippen LogP contribution in [0.25, 0.3) is 0 Å². The molecule has 2 amide bonds. The quantitative estimate of drug-likeness (QED) is 0.791. The summed E-state index contributed by atoms with van der Waals surface area (Å²) in [5, 5.41) is 2.61. The first-order valence-electron chi connectivity index (χ1n) is 6.82. The number of para-hydroxylation sites is 1. The van der Waals surface area contributed by atoms with Crippen LogP contribution in [0.3, 0.4) is 0 Å². The molecule has 108 valence electrons. The lowest BCUT2D eigenvalue weighted by atomic mass is 9.98. The van der Waals surface area contributed by atoms with Crippen LogP contribution in [-0.4, -0.2) is 17.5 Å². The van der Waals surface area contributed by atoms with Crippen molar-refractivity contribution >= 4 is 17.4 Å². The maximum Gasteiger partial charge on any atom is 0.322 e. The van der Waals surface area contributed by atoms with Crippen molar-refractivity contribution in [2.45, 2.75) is 13.0 Å². The molecule has 21 heavy (non-hydrogen) atoms. The Morgan fingerprint density at radius 1 is 1.19 bits per heavy atom. The average molecular weight is 285 g/mol. The minimum atomic E-state index is -0.437. The van der Waals surface area contributed by atoms with Gasteiger partial charge in [-0.25, -0.2) is 9.18 Å². The number of rotatable bonds is 1. The van der Waals surface area contributed by atoms with Crippen LogP contribution in [0.2, 0.25) is 0 Å². The molecule has 0 bridgehead atoms. The predicted octanol–water partition coefficient (Wildman–Crippen LogP) is 3.00. The number of carbonyl (C=O) groups is 1. The zero-order valence-corrected chi connectivity index (χ0v) is 11.5. The van der Waals surface area contributed by atoms with Gasteiger partial charge in [0.15, 0.2) is 0 Å². The van der Waals surface area contributed by atoms with E-state index in [0.29, 0.717) is 19.5 Å². The molecule has 0 atom stereocenters. The summed E-state index contributed by atoms with van der Waals surface area (Å²) in [6.07, 6.45) is 0.715. The fourth-order valence-electron chi connectivity index (χ4n) is 2.57. The van der Waals surface area contributed by atoms with Gasteiger partial charge in [-0.15, -0.1) is 0 Å². The Balaban J connectivity index is 1.74. The molecule has 1 heterocycles. The van der Waals surface area contributed by atoms with Gasteiger partial charge in [0.1, 0.15) is 5.82 Å². The number of carbonyl (C=O) groups excluding carboxylic acids is 1. The standard InChI is InChI=1S/C16H16FN3O/c17-13-5-1-2-7-15(13)19-16(21)20-9-8-12-11(10-20)4-3-6-14(12)18/h1-7H,8-10,18H2,(H,19,21). The molecule has 3 rings (SSSR count). The predicted molar refractivity (Wildman–Crippen MR) is 80.4 cm³/mol. The van der Waals surface area contributed by atoms with E-state index in [2.05, 4.69) is 5.32 Å². The van der Waals surface area contributed by atoms with E-state index in [-0.39, 0.29) is 11.7 Å². The largest absolute Gasteiger partial charge is 0.398 e. The van der Waals surface area contributed by atoms with Crippen molar-refractivity contribution in [3.8, 4) is 0 Å². The molecule has 0 saturated carbocycles. The van der Waals surface area contributed by atoms with Crippen molar-refractivity contribution in [1.29, 1.82) is 0 Å². The van der Waals surface area contributed by atoms with E-state index in [4.69, 9.17) is 5.73 Å². The second kappa shape index (κ2) is 5.44. The van der Waals surface area contributed by atoms with Crippen molar-refractivity contribution < 1.29 is 9.18 Å². The summed E-state index contributed by atoms with van der Waals surface area (Å²) < 4.78 is 13.6. The molecule has 2 aromatic rings. The highest BCUT2D eigenvalue weighted by Crippen LogP contribution is 2.24. The van der Waals surface area contributed by atoms with E-state index in [1.54, 1.807) is 23.1 Å². The number of halogens is 1. The number of hydrogen-bond donors (Lipinski definition) is 2. The molecule has 2 aromatic carbocycles. The summed E-state index contributed by atoms with van der Waals surface area (Å²) in [6.45, 7) is 1.06. The highest BCUT2D eigenvalue weighted by molar-refractivity contribution is 5.89. The zero-order valence-electron chi connectivity index (χ0n) is 11.5. The molecule has 0 radical (unpaired) electrons. The number of amides is 2. The smallest absolute Gasteiger partial charge is 0.322 e. The highest BCUT2D eigenvalue weighted by atomic mass is 19.1. The fourth-order valence-corrected chi connectivity index (χ4v) is 2.57. The number of hydrogen-bond acceptors (Lipinski definition) is 2. The first-order chi connectivity index (χ1) is 10.1. The van der Waals surface area contributed by atoms with Crippen LogP contribution >= 0.6 is 0 Å². The van der Waals surface area contributed by atoms with E-state index in [1.165, 1.54) is 6.07 Å². The summed E-state index contributed by atoms with van der Waals surface area (Å²) >= 11 is 0. The van der Waals surface area contributed by atoms with Crippen LogP contribution in [0.1, 0.15) is 11.1 Å². The van der Waals surface area contributed by atoms with Crippen molar-refractivity contribution in [3.63, 3.8) is 0 Å². The summed E-state index contributed by atoms with van der Waals surface area (Å²) in [7, 11) is 0. The number of nitrogens with one attached hydrogen (secondary N) is 1. The molecule has 0 unspecified atom stereocenters. The van der Waals surface area contributed by atoms with Crippen LogP contribution in [0.4, 0.5) is 20.6 Å². The molecular formula is C16H16FN3O. The average Bonchev–Trinajstić information content (AvgIpc) is 2.49. The molecule has 4 nitrogen and oxygen atoms in total. The Labute approximate surface area is 122 Å². The van der Waals surface area contributed by atoms with Gasteiger partial charge in [0.2, 0.25) is 0 Å². The first kappa shape index (κ1) is 13.4. The first-order valence-corrected chi connectivity index (χ1v) is 6.82. The number of nitrogens with zero attached hydrogens (tertiary/aromatic N) is 1. The zero-order chi connectivity index (χ0) is 14.8. The van der Waals surface area contributed by atoms with Gasteiger partial charge in [-0.2, -0.15) is 0 Å². The topological polar surface area (TPSA) is 58.4 Å². The monoisotopic (exact) mass is 285 g/mol. The molecule has 5 heteroatoms. The molecule has 0 aromatic heterocycles. The van der Waals surface area contributed by atoms with Crippen molar-refractivity contribution in [3.05, 3.63) is 59.4 Å². The summed E-state index contributed by atoms with van der Waals surface area (Å²) in [6, 6.07) is 11.6. The molecular weight excluding hydrogens is 269 g/mol. The van der Waals surface area contributed by atoms with Crippen molar-refractivity contribution in [2.24, 2.45) is 0 Å². The molecule has 0 saturated heterocycles. The van der Waals surface area contributed by atoms with Gasteiger partial charge in [0.25, 0.3) is 0 Å². The van der Waals surface area contributed by atoms with Gasteiger partial charge < -0.3 is 16.0 Å². The van der Waals surface area contributed by atoms with Crippen LogP contribution in [-0.2, 0) is 13.0 Å². The lowest BCUT2D eigenvalue weighted by Gasteiger charge is -2.29. The van der Waals surface area contributed by atoms with E-state index in [0.717, 1.165) is 16.8 Å². The summed E-state index contributed by atoms with van der Waals surface area (Å²) in [4.78, 5) is 13.9. The normalized spacial score (nSPS) is 13.7. The van der Waals surface area contributed by atoms with Crippen LogP contribution in [0.15, 0.2) is 42.5 Å². The Morgan fingerprint density at radius 2 is 2.00 bits per heavy atom. The van der Waals surface area contributed by atoms with Gasteiger partial charge in [-0.05, 0) is 35.7 Å². The number of fused-ring (bicyclic) bond motifs is 1. The Kier molecular flexibility index (Phi) is 3.48. The SMILES string of the molecule is Nc1cccc2c1CCN(C(=O)Nc1ccccc1F)C2. The van der Waals surface area contributed by atoms with Gasteiger partial charge in [-0.3, -0.25) is 0 Å². The second-order valence-electron chi connectivity index (χ2n) is 5.07. The minimum absolute atomic E-state index is 0.195. The van der Waals surface area contributed by atoms with E-state index in [9.17, 15) is 9.18 Å². The fraction of sp³-hybridized carbons (Fsp3) is 0.188. The lowest BCUT2D eigenvalue weighted by Crippen LogP contribution is -2.39. The molecule has 1 aliphatic heterocycles. The van der Waals surface area contributed by atoms with Gasteiger partial charge in [0, 0.05) is 18.8 Å². The van der Waals surface area contributed by atoms with Gasteiger partial charge in [-0.1, -0.05) is 24.3 Å². The second-order valence-corrected chi connectivity index (χ2v) is 5.07. The molecule has 0 fully saturated rings. The third-order valence-corrected chi connectivity index (χ3v) is 3.70.